The van der Waals surface area contributed by atoms with E-state index in [0.717, 1.165) is 16.9 Å². The van der Waals surface area contributed by atoms with E-state index in [1.807, 2.05) is 20.8 Å². The highest BCUT2D eigenvalue weighted by atomic mass is 32.2. The molecule has 2 N–H and O–H groups in total. The average molecular weight is 328 g/mol. The van der Waals surface area contributed by atoms with Crippen molar-refractivity contribution in [1.82, 2.24) is 4.98 Å². The van der Waals surface area contributed by atoms with Gasteiger partial charge < -0.3 is 5.73 Å². The predicted octanol–water partition coefficient (Wildman–Crippen LogP) is 3.37. The lowest BCUT2D eigenvalue weighted by atomic mass is 10.2. The number of hydrogen-bond donors (Lipinski definition) is 1. The van der Waals surface area contributed by atoms with Gasteiger partial charge in [0.25, 0.3) is 0 Å². The number of nitrogen functional groups attached to an aromatic ring is 1. The van der Waals surface area contributed by atoms with E-state index in [0.29, 0.717) is 9.59 Å². The lowest BCUT2D eigenvalue weighted by Gasteiger charge is -2.02. The average Bonchev–Trinajstić information content (AvgIpc) is 2.70. The van der Waals surface area contributed by atoms with Gasteiger partial charge in [0.2, 0.25) is 9.84 Å². The van der Waals surface area contributed by atoms with E-state index in [9.17, 15) is 8.42 Å². The molecule has 0 spiro atoms. The zero-order valence-electron chi connectivity index (χ0n) is 11.5. The molecule has 0 aliphatic carbocycles. The fourth-order valence-electron chi connectivity index (χ4n) is 1.57. The molecule has 0 aliphatic heterocycles. The van der Waals surface area contributed by atoms with Crippen LogP contribution in [0.15, 0.2) is 37.7 Å². The van der Waals surface area contributed by atoms with Gasteiger partial charge in [-0.15, -0.1) is 0 Å². The van der Waals surface area contributed by atoms with Crippen LogP contribution >= 0.6 is 23.1 Å². The molecule has 2 aromatic rings. The Labute approximate surface area is 127 Å². The molecule has 0 atom stereocenters. The first-order valence-electron chi connectivity index (χ1n) is 6.05. The highest BCUT2D eigenvalue weighted by Crippen LogP contribution is 2.36. The fourth-order valence-corrected chi connectivity index (χ4v) is 5.75. The van der Waals surface area contributed by atoms with Crippen LogP contribution in [0.5, 0.6) is 0 Å². The summed E-state index contributed by atoms with van der Waals surface area (Å²) < 4.78 is 25.9. The van der Waals surface area contributed by atoms with Gasteiger partial charge in [0.15, 0.2) is 14.4 Å². The van der Waals surface area contributed by atoms with Crippen molar-refractivity contribution in [2.45, 2.75) is 39.5 Å². The molecule has 1 aromatic heterocycles. The maximum absolute atomic E-state index is 12.5. The molecule has 2 rings (SSSR count). The molecular weight excluding hydrogens is 312 g/mol. The molecular formula is C13H16N2O2S3. The van der Waals surface area contributed by atoms with Crippen molar-refractivity contribution >= 4 is 38.8 Å². The Balaban J connectivity index is 2.44. The van der Waals surface area contributed by atoms with E-state index in [1.165, 1.54) is 11.8 Å². The van der Waals surface area contributed by atoms with E-state index in [2.05, 4.69) is 4.98 Å². The molecule has 1 aromatic carbocycles. The Morgan fingerprint density at radius 1 is 1.25 bits per heavy atom. The monoisotopic (exact) mass is 328 g/mol. The highest BCUT2D eigenvalue weighted by Gasteiger charge is 2.25. The van der Waals surface area contributed by atoms with Gasteiger partial charge in [-0.05, 0) is 19.1 Å². The van der Waals surface area contributed by atoms with E-state index < -0.39 is 9.84 Å². The molecule has 1 heterocycles. The molecule has 0 bridgehead atoms. The minimum Gasteiger partial charge on any atom is -0.382 e. The number of aryl methyl sites for hydroxylation is 1. The molecule has 7 heteroatoms. The van der Waals surface area contributed by atoms with Crippen molar-refractivity contribution in [2.24, 2.45) is 0 Å². The third-order valence-corrected chi connectivity index (χ3v) is 6.97. The summed E-state index contributed by atoms with van der Waals surface area (Å²) in [5.41, 5.74) is 6.79. The van der Waals surface area contributed by atoms with E-state index >= 15 is 0 Å². The second-order valence-corrected chi connectivity index (χ2v) is 9.60. The third kappa shape index (κ3) is 3.16. The molecule has 0 radical (unpaired) electrons. The lowest BCUT2D eigenvalue weighted by molar-refractivity contribution is 0.598. The zero-order valence-corrected chi connectivity index (χ0v) is 13.9. The number of sulfone groups is 1. The Hall–Kier alpha value is -1.05. The standard InChI is InChI=1S/C13H16N2O2S3/c1-8(2)18-13-15-11(14)12(19-13)20(16,17)10-6-4-9(3)5-7-10/h4-8H,14H2,1-3H3. The molecule has 108 valence electrons. The smallest absolute Gasteiger partial charge is 0.219 e. The van der Waals surface area contributed by atoms with Crippen LogP contribution in [0.2, 0.25) is 0 Å². The van der Waals surface area contributed by atoms with Gasteiger partial charge in [0.05, 0.1) is 4.90 Å². The van der Waals surface area contributed by atoms with Crippen molar-refractivity contribution in [3.63, 3.8) is 0 Å². The van der Waals surface area contributed by atoms with Crippen molar-refractivity contribution in [3.8, 4) is 0 Å². The van der Waals surface area contributed by atoms with Gasteiger partial charge in [-0.3, -0.25) is 0 Å². The van der Waals surface area contributed by atoms with Gasteiger partial charge in [0.1, 0.15) is 0 Å². The summed E-state index contributed by atoms with van der Waals surface area (Å²) in [6, 6.07) is 6.74. The van der Waals surface area contributed by atoms with Crippen LogP contribution in [-0.4, -0.2) is 18.7 Å². The largest absolute Gasteiger partial charge is 0.382 e. The second kappa shape index (κ2) is 5.75. The number of thiazole rings is 1. The van der Waals surface area contributed by atoms with Crippen molar-refractivity contribution in [2.75, 3.05) is 5.73 Å². The van der Waals surface area contributed by atoms with Crippen LogP contribution in [0.1, 0.15) is 19.4 Å². The van der Waals surface area contributed by atoms with Gasteiger partial charge in [-0.2, -0.15) is 0 Å². The van der Waals surface area contributed by atoms with Crippen LogP contribution in [0.25, 0.3) is 0 Å². The maximum atomic E-state index is 12.5. The molecule has 0 fully saturated rings. The van der Waals surface area contributed by atoms with Crippen molar-refractivity contribution in [1.29, 1.82) is 0 Å². The van der Waals surface area contributed by atoms with Crippen LogP contribution in [-0.2, 0) is 9.84 Å². The molecule has 0 unspecified atom stereocenters. The molecule has 0 aliphatic rings. The summed E-state index contributed by atoms with van der Waals surface area (Å²) in [5.74, 6) is 0.0822. The first-order valence-corrected chi connectivity index (χ1v) is 9.23. The molecule has 0 amide bonds. The van der Waals surface area contributed by atoms with Crippen LogP contribution < -0.4 is 5.73 Å². The van der Waals surface area contributed by atoms with Gasteiger partial charge in [-0.25, -0.2) is 13.4 Å². The van der Waals surface area contributed by atoms with Crippen LogP contribution in [0.3, 0.4) is 0 Å². The Bertz CT molecular complexity index is 704. The first-order chi connectivity index (χ1) is 9.30. The number of anilines is 1. The molecule has 0 saturated carbocycles. The fraction of sp³-hybridized carbons (Fsp3) is 0.308. The number of nitrogens with zero attached hydrogens (tertiary/aromatic N) is 1. The second-order valence-electron chi connectivity index (χ2n) is 4.64. The zero-order chi connectivity index (χ0) is 14.9. The number of thioether (sulfide) groups is 1. The molecule has 4 nitrogen and oxygen atoms in total. The Morgan fingerprint density at radius 3 is 2.40 bits per heavy atom. The minimum absolute atomic E-state index is 0.0822. The van der Waals surface area contributed by atoms with Gasteiger partial charge >= 0.3 is 0 Å². The Morgan fingerprint density at radius 2 is 1.85 bits per heavy atom. The molecule has 20 heavy (non-hydrogen) atoms. The van der Waals surface area contributed by atoms with Crippen LogP contribution in [0.4, 0.5) is 5.82 Å². The predicted molar refractivity (Wildman–Crippen MR) is 84.2 cm³/mol. The number of nitrogens with two attached hydrogens (primary N) is 1. The van der Waals surface area contributed by atoms with E-state index in [-0.39, 0.29) is 14.9 Å². The number of benzene rings is 1. The third-order valence-electron chi connectivity index (χ3n) is 2.51. The first kappa shape index (κ1) is 15.3. The van der Waals surface area contributed by atoms with Gasteiger partial charge in [0, 0.05) is 5.25 Å². The number of aromatic nitrogens is 1. The topological polar surface area (TPSA) is 73.0 Å². The number of hydrogen-bond acceptors (Lipinski definition) is 6. The van der Waals surface area contributed by atoms with Crippen molar-refractivity contribution in [3.05, 3.63) is 29.8 Å². The Kier molecular flexibility index (Phi) is 4.41. The summed E-state index contributed by atoms with van der Waals surface area (Å²) >= 11 is 2.64. The summed E-state index contributed by atoms with van der Waals surface area (Å²) in [4.78, 5) is 4.39. The summed E-state index contributed by atoms with van der Waals surface area (Å²) in [6.45, 7) is 5.96. The summed E-state index contributed by atoms with van der Waals surface area (Å²) in [5, 5.41) is 0.329. The van der Waals surface area contributed by atoms with E-state index in [1.54, 1.807) is 24.3 Å². The highest BCUT2D eigenvalue weighted by molar-refractivity contribution is 8.02. The number of rotatable bonds is 4. The van der Waals surface area contributed by atoms with Gasteiger partial charge in [-0.1, -0.05) is 54.6 Å². The van der Waals surface area contributed by atoms with E-state index in [4.69, 9.17) is 5.73 Å². The normalized spacial score (nSPS) is 12.0. The summed E-state index contributed by atoms with van der Waals surface area (Å²) in [6.07, 6.45) is 0. The minimum atomic E-state index is -3.58. The summed E-state index contributed by atoms with van der Waals surface area (Å²) in [7, 11) is -3.58. The lowest BCUT2D eigenvalue weighted by Crippen LogP contribution is -2.03. The van der Waals surface area contributed by atoms with Crippen LogP contribution in [0, 0.1) is 6.92 Å². The van der Waals surface area contributed by atoms with Crippen molar-refractivity contribution < 1.29 is 8.42 Å². The maximum Gasteiger partial charge on any atom is 0.219 e. The SMILES string of the molecule is Cc1ccc(S(=O)(=O)c2sc(SC(C)C)nc2N)cc1. The quantitative estimate of drug-likeness (QED) is 0.871. The molecule has 0 saturated heterocycles.